The molecule has 7 heteroatoms. The van der Waals surface area contributed by atoms with Crippen molar-refractivity contribution in [3.8, 4) is 5.75 Å². The summed E-state index contributed by atoms with van der Waals surface area (Å²) in [6.45, 7) is -0.285. The zero-order valence-corrected chi connectivity index (χ0v) is 14.2. The van der Waals surface area contributed by atoms with E-state index >= 15 is 0 Å². The monoisotopic (exact) mass is 439 g/mol. The van der Waals surface area contributed by atoms with Gasteiger partial charge in [-0.3, -0.25) is 4.79 Å². The van der Waals surface area contributed by atoms with Gasteiger partial charge in [-0.05, 0) is 59.0 Å². The lowest BCUT2D eigenvalue weighted by Crippen LogP contribution is -2.20. The molecular formula is C14H9Cl2FINO2. The molecule has 0 radical (unpaired) electrons. The predicted octanol–water partition coefficient (Wildman–Crippen LogP) is 4.75. The average molecular weight is 440 g/mol. The Balaban J connectivity index is 1.96. The molecule has 0 aliphatic rings. The SMILES string of the molecule is O=C(COc1ccc(Cl)cc1Cl)Nc1ccc(I)cc1F. The number of hydrogen-bond acceptors (Lipinski definition) is 2. The third-order valence-electron chi connectivity index (χ3n) is 2.46. The Morgan fingerprint density at radius 2 is 2.00 bits per heavy atom. The van der Waals surface area contributed by atoms with E-state index in [4.69, 9.17) is 27.9 Å². The normalized spacial score (nSPS) is 10.3. The zero-order valence-electron chi connectivity index (χ0n) is 10.5. The average Bonchev–Trinajstić information content (AvgIpc) is 2.41. The molecule has 0 saturated heterocycles. The Labute approximate surface area is 144 Å². The lowest BCUT2D eigenvalue weighted by molar-refractivity contribution is -0.118. The first-order valence-corrected chi connectivity index (χ1v) is 7.62. The highest BCUT2D eigenvalue weighted by Gasteiger charge is 2.09. The summed E-state index contributed by atoms with van der Waals surface area (Å²) in [6.07, 6.45) is 0. The van der Waals surface area contributed by atoms with E-state index in [0.29, 0.717) is 15.8 Å². The Hall–Kier alpha value is -1.05. The van der Waals surface area contributed by atoms with Crippen LogP contribution in [0.5, 0.6) is 5.75 Å². The molecule has 0 unspecified atom stereocenters. The van der Waals surface area contributed by atoms with Gasteiger partial charge in [0.2, 0.25) is 0 Å². The fraction of sp³-hybridized carbons (Fsp3) is 0.0714. The van der Waals surface area contributed by atoms with Crippen molar-refractivity contribution in [1.82, 2.24) is 0 Å². The molecule has 2 rings (SSSR count). The number of carbonyl (C=O) groups excluding carboxylic acids is 1. The van der Waals surface area contributed by atoms with Crippen molar-refractivity contribution in [3.63, 3.8) is 0 Å². The third-order valence-corrected chi connectivity index (χ3v) is 3.66. The van der Waals surface area contributed by atoms with Crippen LogP contribution in [0.1, 0.15) is 0 Å². The number of nitrogens with one attached hydrogen (secondary N) is 1. The first kappa shape index (κ1) is 16.3. The largest absolute Gasteiger partial charge is 0.482 e. The minimum Gasteiger partial charge on any atom is -0.482 e. The van der Waals surface area contributed by atoms with Crippen LogP contribution in [0.3, 0.4) is 0 Å². The molecular weight excluding hydrogens is 431 g/mol. The van der Waals surface area contributed by atoms with Crippen molar-refractivity contribution in [2.45, 2.75) is 0 Å². The number of hydrogen-bond donors (Lipinski definition) is 1. The number of ether oxygens (including phenoxy) is 1. The molecule has 0 aliphatic carbocycles. The quantitative estimate of drug-likeness (QED) is 0.698. The summed E-state index contributed by atoms with van der Waals surface area (Å²) in [5.74, 6) is -0.653. The lowest BCUT2D eigenvalue weighted by Gasteiger charge is -2.09. The van der Waals surface area contributed by atoms with Crippen molar-refractivity contribution in [3.05, 3.63) is 55.8 Å². The van der Waals surface area contributed by atoms with E-state index in [2.05, 4.69) is 5.32 Å². The molecule has 0 atom stereocenters. The lowest BCUT2D eigenvalue weighted by atomic mass is 10.3. The van der Waals surface area contributed by atoms with Crippen LogP contribution < -0.4 is 10.1 Å². The van der Waals surface area contributed by atoms with Gasteiger partial charge in [0.1, 0.15) is 11.6 Å². The van der Waals surface area contributed by atoms with Crippen LogP contribution in [0.15, 0.2) is 36.4 Å². The van der Waals surface area contributed by atoms with Crippen LogP contribution in [0.25, 0.3) is 0 Å². The Morgan fingerprint density at radius 3 is 2.67 bits per heavy atom. The topological polar surface area (TPSA) is 38.3 Å². The van der Waals surface area contributed by atoms with Gasteiger partial charge >= 0.3 is 0 Å². The molecule has 1 N–H and O–H groups in total. The number of halogens is 4. The maximum Gasteiger partial charge on any atom is 0.262 e. The van der Waals surface area contributed by atoms with Crippen molar-refractivity contribution >= 4 is 57.4 Å². The van der Waals surface area contributed by atoms with Crippen LogP contribution in [-0.2, 0) is 4.79 Å². The predicted molar refractivity (Wildman–Crippen MR) is 89.7 cm³/mol. The van der Waals surface area contributed by atoms with Gasteiger partial charge in [0.25, 0.3) is 5.91 Å². The molecule has 21 heavy (non-hydrogen) atoms. The van der Waals surface area contributed by atoms with E-state index in [1.54, 1.807) is 18.2 Å². The number of rotatable bonds is 4. The number of benzene rings is 2. The molecule has 0 aromatic heterocycles. The molecule has 2 aromatic rings. The molecule has 0 aliphatic heterocycles. The summed E-state index contributed by atoms with van der Waals surface area (Å²) in [6, 6.07) is 9.17. The van der Waals surface area contributed by atoms with Crippen molar-refractivity contribution in [1.29, 1.82) is 0 Å². The minimum absolute atomic E-state index is 0.103. The number of anilines is 1. The first-order chi connectivity index (χ1) is 9.95. The van der Waals surface area contributed by atoms with E-state index in [-0.39, 0.29) is 12.3 Å². The molecule has 3 nitrogen and oxygen atoms in total. The van der Waals surface area contributed by atoms with Gasteiger partial charge in [-0.25, -0.2) is 4.39 Å². The second kappa shape index (κ2) is 7.29. The summed E-state index contributed by atoms with van der Waals surface area (Å²) in [5.41, 5.74) is 0.103. The Bertz CT molecular complexity index is 682. The van der Waals surface area contributed by atoms with Crippen LogP contribution >= 0.6 is 45.8 Å². The van der Waals surface area contributed by atoms with E-state index in [1.165, 1.54) is 18.2 Å². The van der Waals surface area contributed by atoms with Crippen LogP contribution in [-0.4, -0.2) is 12.5 Å². The van der Waals surface area contributed by atoms with Crippen LogP contribution in [0, 0.1) is 9.39 Å². The molecule has 1 amide bonds. The molecule has 0 saturated carbocycles. The highest BCUT2D eigenvalue weighted by molar-refractivity contribution is 14.1. The van der Waals surface area contributed by atoms with Gasteiger partial charge < -0.3 is 10.1 Å². The van der Waals surface area contributed by atoms with Gasteiger partial charge in [0, 0.05) is 8.59 Å². The van der Waals surface area contributed by atoms with Crippen molar-refractivity contribution < 1.29 is 13.9 Å². The number of amides is 1. The summed E-state index contributed by atoms with van der Waals surface area (Å²) in [4.78, 5) is 11.7. The van der Waals surface area contributed by atoms with Gasteiger partial charge in [-0.2, -0.15) is 0 Å². The molecule has 110 valence electrons. The maximum atomic E-state index is 13.6. The van der Waals surface area contributed by atoms with E-state index in [0.717, 1.165) is 3.57 Å². The van der Waals surface area contributed by atoms with E-state index < -0.39 is 11.7 Å². The van der Waals surface area contributed by atoms with E-state index in [9.17, 15) is 9.18 Å². The van der Waals surface area contributed by atoms with Gasteiger partial charge in [0.05, 0.1) is 10.7 Å². The summed E-state index contributed by atoms with van der Waals surface area (Å²) < 4.78 is 19.6. The highest BCUT2D eigenvalue weighted by atomic mass is 127. The zero-order chi connectivity index (χ0) is 15.4. The summed E-state index contributed by atoms with van der Waals surface area (Å²) in [7, 11) is 0. The van der Waals surface area contributed by atoms with Crippen molar-refractivity contribution in [2.75, 3.05) is 11.9 Å². The molecule has 0 fully saturated rings. The maximum absolute atomic E-state index is 13.6. The van der Waals surface area contributed by atoms with Gasteiger partial charge in [-0.15, -0.1) is 0 Å². The minimum atomic E-state index is -0.500. The summed E-state index contributed by atoms with van der Waals surface area (Å²) >= 11 is 13.7. The van der Waals surface area contributed by atoms with Gasteiger partial charge in [-0.1, -0.05) is 23.2 Å². The molecule has 2 aromatic carbocycles. The standard InChI is InChI=1S/C14H9Cl2FINO2/c15-8-1-4-13(10(16)5-8)21-7-14(20)19-12-3-2-9(18)6-11(12)17/h1-6H,7H2,(H,19,20). The van der Waals surface area contributed by atoms with E-state index in [1.807, 2.05) is 22.6 Å². The smallest absolute Gasteiger partial charge is 0.262 e. The van der Waals surface area contributed by atoms with Crippen LogP contribution in [0.4, 0.5) is 10.1 Å². The number of carbonyl (C=O) groups is 1. The summed E-state index contributed by atoms with van der Waals surface area (Å²) in [5, 5.41) is 3.20. The molecule has 0 spiro atoms. The Morgan fingerprint density at radius 1 is 1.24 bits per heavy atom. The highest BCUT2D eigenvalue weighted by Crippen LogP contribution is 2.27. The molecule has 0 bridgehead atoms. The second-order valence-corrected chi connectivity index (χ2v) is 6.13. The molecule has 0 heterocycles. The Kier molecular flexibility index (Phi) is 5.66. The second-order valence-electron chi connectivity index (χ2n) is 4.04. The van der Waals surface area contributed by atoms with Gasteiger partial charge in [0.15, 0.2) is 6.61 Å². The third kappa shape index (κ3) is 4.72. The first-order valence-electron chi connectivity index (χ1n) is 5.78. The van der Waals surface area contributed by atoms with Crippen molar-refractivity contribution in [2.24, 2.45) is 0 Å². The van der Waals surface area contributed by atoms with Crippen LogP contribution in [0.2, 0.25) is 10.0 Å². The fourth-order valence-electron chi connectivity index (χ4n) is 1.51. The fourth-order valence-corrected chi connectivity index (χ4v) is 2.43.